The zero-order valence-electron chi connectivity index (χ0n) is 9.40. The van der Waals surface area contributed by atoms with E-state index in [1.807, 2.05) is 28.8 Å². The Morgan fingerprint density at radius 1 is 1.41 bits per heavy atom. The van der Waals surface area contributed by atoms with Gasteiger partial charge in [-0.2, -0.15) is 0 Å². The highest BCUT2D eigenvalue weighted by Crippen LogP contribution is 2.27. The van der Waals surface area contributed by atoms with Gasteiger partial charge in [0.1, 0.15) is 5.65 Å². The first-order chi connectivity index (χ1) is 7.84. The highest BCUT2D eigenvalue weighted by molar-refractivity contribution is 6.30. The van der Waals surface area contributed by atoms with Crippen LogP contribution in [-0.2, 0) is 6.54 Å². The minimum Gasteiger partial charge on any atom is -0.311 e. The molecule has 0 aliphatic heterocycles. The second-order valence-corrected chi connectivity index (χ2v) is 4.71. The van der Waals surface area contributed by atoms with Crippen LogP contribution in [0.1, 0.15) is 18.5 Å². The lowest BCUT2D eigenvalue weighted by Crippen LogP contribution is -2.17. The summed E-state index contributed by atoms with van der Waals surface area (Å²) < 4.78 is 2.04. The van der Waals surface area contributed by atoms with Crippen LogP contribution in [0.15, 0.2) is 24.4 Å². The Morgan fingerprint density at radius 2 is 2.24 bits per heavy atom. The summed E-state index contributed by atoms with van der Waals surface area (Å²) in [5, 5.41) is 4.04. The van der Waals surface area contributed by atoms with Crippen LogP contribution >= 0.6 is 24.0 Å². The molecule has 0 atom stereocenters. The fraction of sp³-hybridized carbons (Fsp3) is 0.417. The summed E-state index contributed by atoms with van der Waals surface area (Å²) in [5.41, 5.74) is 1.97. The molecule has 0 amide bonds. The van der Waals surface area contributed by atoms with E-state index in [0.29, 0.717) is 5.15 Å². The zero-order valence-corrected chi connectivity index (χ0v) is 11.0. The first kappa shape index (κ1) is 12.7. The standard InChI is InChI=1S/C12H14ClN3.ClH/c13-12-10(8-14-7-9-4-5-9)16-6-2-1-3-11(16)15-12;/h1-3,6,9,14H,4-5,7-8H2;1H. The van der Waals surface area contributed by atoms with Gasteiger partial charge >= 0.3 is 0 Å². The van der Waals surface area contributed by atoms with E-state index in [1.165, 1.54) is 12.8 Å². The third-order valence-electron chi connectivity index (χ3n) is 3.00. The molecule has 1 aliphatic carbocycles. The van der Waals surface area contributed by atoms with Crippen molar-refractivity contribution in [3.63, 3.8) is 0 Å². The van der Waals surface area contributed by atoms with Crippen molar-refractivity contribution in [2.75, 3.05) is 6.54 Å². The molecule has 0 aromatic carbocycles. The van der Waals surface area contributed by atoms with E-state index in [4.69, 9.17) is 11.6 Å². The largest absolute Gasteiger partial charge is 0.311 e. The Morgan fingerprint density at radius 3 is 3.00 bits per heavy atom. The van der Waals surface area contributed by atoms with Gasteiger partial charge in [-0.25, -0.2) is 4.98 Å². The Labute approximate surface area is 112 Å². The number of fused-ring (bicyclic) bond motifs is 1. The minimum absolute atomic E-state index is 0. The maximum Gasteiger partial charge on any atom is 0.152 e. The fourth-order valence-electron chi connectivity index (χ4n) is 1.89. The van der Waals surface area contributed by atoms with Crippen molar-refractivity contribution < 1.29 is 0 Å². The summed E-state index contributed by atoms with van der Waals surface area (Å²) in [6.45, 7) is 1.89. The average Bonchev–Trinajstić information content (AvgIpc) is 3.04. The van der Waals surface area contributed by atoms with Gasteiger partial charge in [-0.3, -0.25) is 0 Å². The van der Waals surface area contributed by atoms with Gasteiger partial charge < -0.3 is 9.72 Å². The molecule has 3 rings (SSSR count). The van der Waals surface area contributed by atoms with Gasteiger partial charge in [0.05, 0.1) is 5.69 Å². The predicted octanol–water partition coefficient (Wildman–Crippen LogP) is 2.91. The van der Waals surface area contributed by atoms with Gasteiger partial charge in [-0.05, 0) is 37.4 Å². The topological polar surface area (TPSA) is 29.3 Å². The third kappa shape index (κ3) is 2.73. The maximum atomic E-state index is 6.13. The number of rotatable bonds is 4. The van der Waals surface area contributed by atoms with Crippen LogP contribution in [0.25, 0.3) is 5.65 Å². The highest BCUT2D eigenvalue weighted by atomic mass is 35.5. The Bertz CT molecular complexity index is 505. The molecule has 0 radical (unpaired) electrons. The molecule has 2 aromatic rings. The minimum atomic E-state index is 0. The predicted molar refractivity (Wildman–Crippen MR) is 71.9 cm³/mol. The van der Waals surface area contributed by atoms with Crippen molar-refractivity contribution >= 4 is 29.7 Å². The first-order valence-electron chi connectivity index (χ1n) is 5.67. The van der Waals surface area contributed by atoms with Crippen molar-refractivity contribution in [3.05, 3.63) is 35.2 Å². The van der Waals surface area contributed by atoms with Crippen molar-refractivity contribution in [2.45, 2.75) is 19.4 Å². The smallest absolute Gasteiger partial charge is 0.152 e. The van der Waals surface area contributed by atoms with Crippen molar-refractivity contribution in [1.29, 1.82) is 0 Å². The number of nitrogens with one attached hydrogen (secondary N) is 1. The number of hydrogen-bond acceptors (Lipinski definition) is 2. The molecule has 3 nitrogen and oxygen atoms in total. The zero-order chi connectivity index (χ0) is 11.0. The number of halogens is 2. The summed E-state index contributed by atoms with van der Waals surface area (Å²) in [5.74, 6) is 0.887. The van der Waals surface area contributed by atoms with Gasteiger partial charge in [0.15, 0.2) is 5.15 Å². The van der Waals surface area contributed by atoms with Crippen LogP contribution in [0.5, 0.6) is 0 Å². The summed E-state index contributed by atoms with van der Waals surface area (Å²) in [6.07, 6.45) is 4.74. The molecule has 1 saturated carbocycles. The van der Waals surface area contributed by atoms with E-state index in [-0.39, 0.29) is 12.4 Å². The lowest BCUT2D eigenvalue weighted by molar-refractivity contribution is 0.628. The molecule has 92 valence electrons. The molecule has 17 heavy (non-hydrogen) atoms. The molecule has 0 spiro atoms. The Kier molecular flexibility index (Phi) is 3.92. The Hall–Kier alpha value is -0.770. The van der Waals surface area contributed by atoms with Gasteiger partial charge in [0.25, 0.3) is 0 Å². The lowest BCUT2D eigenvalue weighted by Gasteiger charge is -2.04. The van der Waals surface area contributed by atoms with Crippen LogP contribution in [0.2, 0.25) is 5.15 Å². The van der Waals surface area contributed by atoms with E-state index in [2.05, 4.69) is 10.3 Å². The van der Waals surface area contributed by atoms with Crippen molar-refractivity contribution in [2.24, 2.45) is 5.92 Å². The summed E-state index contributed by atoms with van der Waals surface area (Å²) >= 11 is 6.13. The summed E-state index contributed by atoms with van der Waals surface area (Å²) in [7, 11) is 0. The average molecular weight is 272 g/mol. The molecule has 1 fully saturated rings. The summed E-state index contributed by atoms with van der Waals surface area (Å²) in [4.78, 5) is 4.31. The number of hydrogen-bond donors (Lipinski definition) is 1. The van der Waals surface area contributed by atoms with Gasteiger partial charge in [0.2, 0.25) is 0 Å². The van der Waals surface area contributed by atoms with E-state index in [9.17, 15) is 0 Å². The molecule has 0 unspecified atom stereocenters. The highest BCUT2D eigenvalue weighted by Gasteiger charge is 2.20. The number of nitrogens with zero attached hydrogens (tertiary/aromatic N) is 2. The van der Waals surface area contributed by atoms with E-state index in [1.54, 1.807) is 0 Å². The van der Waals surface area contributed by atoms with Gasteiger partial charge in [-0.1, -0.05) is 17.7 Å². The van der Waals surface area contributed by atoms with Crippen LogP contribution in [-0.4, -0.2) is 15.9 Å². The van der Waals surface area contributed by atoms with Crippen molar-refractivity contribution in [3.8, 4) is 0 Å². The van der Waals surface area contributed by atoms with E-state index < -0.39 is 0 Å². The van der Waals surface area contributed by atoms with Gasteiger partial charge in [-0.15, -0.1) is 12.4 Å². The van der Waals surface area contributed by atoms with Crippen LogP contribution < -0.4 is 5.32 Å². The normalized spacial score (nSPS) is 14.9. The SMILES string of the molecule is Cl.Clc1nc2ccccn2c1CNCC1CC1. The molecular weight excluding hydrogens is 257 g/mol. The number of pyridine rings is 1. The molecule has 0 saturated heterocycles. The maximum absolute atomic E-state index is 6.13. The van der Waals surface area contributed by atoms with Crippen LogP contribution in [0.4, 0.5) is 0 Å². The quantitative estimate of drug-likeness (QED) is 0.927. The third-order valence-corrected chi connectivity index (χ3v) is 3.31. The first-order valence-corrected chi connectivity index (χ1v) is 6.04. The van der Waals surface area contributed by atoms with Crippen LogP contribution in [0, 0.1) is 5.92 Å². The van der Waals surface area contributed by atoms with Gasteiger partial charge in [0, 0.05) is 12.7 Å². The van der Waals surface area contributed by atoms with E-state index >= 15 is 0 Å². The lowest BCUT2D eigenvalue weighted by atomic mass is 10.4. The molecule has 2 aromatic heterocycles. The molecule has 5 heteroatoms. The number of imidazole rings is 1. The van der Waals surface area contributed by atoms with Crippen LogP contribution in [0.3, 0.4) is 0 Å². The monoisotopic (exact) mass is 271 g/mol. The molecular formula is C12H15Cl2N3. The molecule has 1 aliphatic rings. The second-order valence-electron chi connectivity index (χ2n) is 4.35. The molecule has 1 N–H and O–H groups in total. The van der Waals surface area contributed by atoms with E-state index in [0.717, 1.165) is 30.3 Å². The fourth-order valence-corrected chi connectivity index (χ4v) is 2.14. The summed E-state index contributed by atoms with van der Waals surface area (Å²) in [6, 6.07) is 5.94. The number of aromatic nitrogens is 2. The van der Waals surface area contributed by atoms with Crippen molar-refractivity contribution in [1.82, 2.24) is 14.7 Å². The molecule has 0 bridgehead atoms. The Balaban J connectivity index is 0.00000108. The molecule has 2 heterocycles. The second kappa shape index (κ2) is 5.25.